The Morgan fingerprint density at radius 2 is 1.72 bits per heavy atom. The Labute approximate surface area is 169 Å². The molecule has 1 saturated heterocycles. The molecular weight excluding hydrogens is 393 g/mol. The van der Waals surface area contributed by atoms with Gasteiger partial charge in [0.05, 0.1) is 4.90 Å². The fraction of sp³-hybridized carbons (Fsp3) is 0.286. The summed E-state index contributed by atoms with van der Waals surface area (Å²) in [6.45, 7) is 1.65. The van der Waals surface area contributed by atoms with Crippen LogP contribution in [0.25, 0.3) is 10.9 Å². The van der Waals surface area contributed by atoms with Gasteiger partial charge in [0, 0.05) is 50.9 Å². The van der Waals surface area contributed by atoms with Crippen molar-refractivity contribution in [2.24, 2.45) is 0 Å². The Balaban J connectivity index is 1.35. The minimum absolute atomic E-state index is 0.00517. The summed E-state index contributed by atoms with van der Waals surface area (Å²) >= 11 is 0. The average Bonchev–Trinajstić information content (AvgIpc) is 3.15. The van der Waals surface area contributed by atoms with Crippen LogP contribution in [-0.4, -0.2) is 54.3 Å². The number of aromatic nitrogens is 1. The van der Waals surface area contributed by atoms with E-state index in [0.29, 0.717) is 26.1 Å². The molecule has 2 aromatic carbocycles. The third-order valence-electron chi connectivity index (χ3n) is 5.27. The number of hydrogen-bond acceptors (Lipinski definition) is 3. The van der Waals surface area contributed by atoms with Gasteiger partial charge in [-0.25, -0.2) is 12.8 Å². The molecule has 0 spiro atoms. The van der Waals surface area contributed by atoms with E-state index in [4.69, 9.17) is 0 Å². The highest BCUT2D eigenvalue weighted by Crippen LogP contribution is 2.19. The first-order chi connectivity index (χ1) is 13.9. The highest BCUT2D eigenvalue weighted by Gasteiger charge is 2.30. The van der Waals surface area contributed by atoms with E-state index in [1.165, 1.54) is 22.5 Å². The van der Waals surface area contributed by atoms with Crippen LogP contribution in [0.5, 0.6) is 0 Å². The number of sulfonamides is 1. The predicted octanol–water partition coefficient (Wildman–Crippen LogP) is 2.70. The second-order valence-corrected chi connectivity index (χ2v) is 9.00. The molecule has 3 aromatic rings. The Morgan fingerprint density at radius 3 is 2.48 bits per heavy atom. The number of aryl methyl sites for hydroxylation is 1. The van der Waals surface area contributed by atoms with Gasteiger partial charge >= 0.3 is 0 Å². The maximum Gasteiger partial charge on any atom is 0.243 e. The second-order valence-electron chi connectivity index (χ2n) is 7.06. The summed E-state index contributed by atoms with van der Waals surface area (Å²) in [5.74, 6) is -0.581. The molecule has 8 heteroatoms. The van der Waals surface area contributed by atoms with Crippen LogP contribution in [-0.2, 0) is 21.4 Å². The van der Waals surface area contributed by atoms with E-state index in [9.17, 15) is 17.6 Å². The molecule has 0 radical (unpaired) electrons. The Kier molecular flexibility index (Phi) is 5.38. The number of amides is 1. The standard InChI is InChI=1S/C21H22FN3O3S/c22-18-5-3-6-19(16-18)29(27,28)25-14-12-24(13-15-25)21(26)9-11-23-10-8-17-4-1-2-7-20(17)23/h1-8,10,16H,9,11-15H2. The zero-order chi connectivity index (χ0) is 20.4. The molecule has 0 N–H and O–H groups in total. The normalized spacial score (nSPS) is 15.7. The highest BCUT2D eigenvalue weighted by molar-refractivity contribution is 7.89. The van der Waals surface area contributed by atoms with E-state index < -0.39 is 15.8 Å². The van der Waals surface area contributed by atoms with Crippen molar-refractivity contribution in [3.05, 3.63) is 66.6 Å². The molecule has 6 nitrogen and oxygen atoms in total. The zero-order valence-electron chi connectivity index (χ0n) is 15.9. The van der Waals surface area contributed by atoms with Crippen molar-refractivity contribution in [3.8, 4) is 0 Å². The summed E-state index contributed by atoms with van der Waals surface area (Å²) in [7, 11) is -3.75. The van der Waals surface area contributed by atoms with E-state index in [1.807, 2.05) is 36.5 Å². The quantitative estimate of drug-likeness (QED) is 0.644. The maximum absolute atomic E-state index is 13.4. The molecule has 1 fully saturated rings. The van der Waals surface area contributed by atoms with Gasteiger partial charge < -0.3 is 9.47 Å². The molecule has 0 aliphatic carbocycles. The van der Waals surface area contributed by atoms with Crippen LogP contribution in [0.4, 0.5) is 4.39 Å². The lowest BCUT2D eigenvalue weighted by Crippen LogP contribution is -2.50. The first-order valence-corrected chi connectivity index (χ1v) is 11.0. The Morgan fingerprint density at radius 1 is 0.966 bits per heavy atom. The Hall–Kier alpha value is -2.71. The van der Waals surface area contributed by atoms with Gasteiger partial charge in [-0.2, -0.15) is 4.31 Å². The van der Waals surface area contributed by atoms with Crippen molar-refractivity contribution >= 4 is 26.8 Å². The summed E-state index contributed by atoms with van der Waals surface area (Å²) in [5, 5.41) is 1.14. The van der Waals surface area contributed by atoms with Gasteiger partial charge in [0.2, 0.25) is 15.9 Å². The van der Waals surface area contributed by atoms with Crippen molar-refractivity contribution in [3.63, 3.8) is 0 Å². The Bertz CT molecular complexity index is 1130. The molecule has 0 atom stereocenters. The molecule has 0 saturated carbocycles. The number of fused-ring (bicyclic) bond motifs is 1. The number of piperazine rings is 1. The number of nitrogens with zero attached hydrogens (tertiary/aromatic N) is 3. The van der Waals surface area contributed by atoms with Crippen LogP contribution in [0.15, 0.2) is 65.7 Å². The van der Waals surface area contributed by atoms with Crippen LogP contribution in [0.2, 0.25) is 0 Å². The first-order valence-electron chi connectivity index (χ1n) is 9.52. The number of para-hydroxylation sites is 1. The van der Waals surface area contributed by atoms with Gasteiger partial charge in [0.25, 0.3) is 0 Å². The molecule has 152 valence electrons. The average molecular weight is 415 g/mol. The molecule has 0 bridgehead atoms. The minimum Gasteiger partial charge on any atom is -0.347 e. The van der Waals surface area contributed by atoms with E-state index in [2.05, 4.69) is 4.57 Å². The summed E-state index contributed by atoms with van der Waals surface area (Å²) in [6.07, 6.45) is 2.33. The summed E-state index contributed by atoms with van der Waals surface area (Å²) in [4.78, 5) is 14.2. The smallest absolute Gasteiger partial charge is 0.243 e. The third kappa shape index (κ3) is 4.04. The van der Waals surface area contributed by atoms with Crippen LogP contribution in [0, 0.1) is 5.82 Å². The number of carbonyl (C=O) groups excluding carboxylic acids is 1. The van der Waals surface area contributed by atoms with Crippen LogP contribution >= 0.6 is 0 Å². The monoisotopic (exact) mass is 415 g/mol. The van der Waals surface area contributed by atoms with Crippen molar-refractivity contribution in [2.75, 3.05) is 26.2 Å². The lowest BCUT2D eigenvalue weighted by Gasteiger charge is -2.34. The molecule has 0 unspecified atom stereocenters. The fourth-order valence-electron chi connectivity index (χ4n) is 3.66. The molecule has 1 aliphatic rings. The third-order valence-corrected chi connectivity index (χ3v) is 7.17. The maximum atomic E-state index is 13.4. The second kappa shape index (κ2) is 7.96. The molecule has 29 heavy (non-hydrogen) atoms. The van der Waals surface area contributed by atoms with Crippen LogP contribution < -0.4 is 0 Å². The van der Waals surface area contributed by atoms with Crippen molar-refractivity contribution in [1.29, 1.82) is 0 Å². The van der Waals surface area contributed by atoms with Gasteiger partial charge in [-0.15, -0.1) is 0 Å². The summed E-state index contributed by atoms with van der Waals surface area (Å²) in [6, 6.07) is 15.0. The molecule has 2 heterocycles. The van der Waals surface area contributed by atoms with Gasteiger partial charge in [0.15, 0.2) is 0 Å². The molecule has 1 amide bonds. The lowest BCUT2D eigenvalue weighted by molar-refractivity contribution is -0.132. The van der Waals surface area contributed by atoms with Gasteiger partial charge in [-0.05, 0) is 35.7 Å². The van der Waals surface area contributed by atoms with E-state index in [1.54, 1.807) is 4.90 Å². The number of benzene rings is 2. The van der Waals surface area contributed by atoms with Crippen LogP contribution in [0.1, 0.15) is 6.42 Å². The van der Waals surface area contributed by atoms with Gasteiger partial charge in [-0.1, -0.05) is 24.3 Å². The topological polar surface area (TPSA) is 62.6 Å². The number of halogens is 1. The largest absolute Gasteiger partial charge is 0.347 e. The molecule has 1 aromatic heterocycles. The van der Waals surface area contributed by atoms with E-state index >= 15 is 0 Å². The van der Waals surface area contributed by atoms with Gasteiger partial charge in [-0.3, -0.25) is 4.79 Å². The van der Waals surface area contributed by atoms with E-state index in [-0.39, 0.29) is 23.9 Å². The predicted molar refractivity (Wildman–Crippen MR) is 108 cm³/mol. The minimum atomic E-state index is -3.75. The van der Waals surface area contributed by atoms with Crippen molar-refractivity contribution in [1.82, 2.24) is 13.8 Å². The molecular formula is C21H22FN3O3S. The molecule has 1 aliphatic heterocycles. The number of carbonyl (C=O) groups is 1. The zero-order valence-corrected chi connectivity index (χ0v) is 16.7. The summed E-state index contributed by atoms with van der Waals surface area (Å²) in [5.41, 5.74) is 1.09. The van der Waals surface area contributed by atoms with Crippen molar-refractivity contribution in [2.45, 2.75) is 17.9 Å². The van der Waals surface area contributed by atoms with Gasteiger partial charge in [0.1, 0.15) is 5.82 Å². The number of hydrogen-bond donors (Lipinski definition) is 0. The molecule has 4 rings (SSSR count). The van der Waals surface area contributed by atoms with Crippen LogP contribution in [0.3, 0.4) is 0 Å². The SMILES string of the molecule is O=C(CCn1ccc2ccccc21)N1CCN(S(=O)(=O)c2cccc(F)c2)CC1. The van der Waals surface area contributed by atoms with Crippen molar-refractivity contribution < 1.29 is 17.6 Å². The first kappa shape index (κ1) is 19.6. The summed E-state index contributed by atoms with van der Waals surface area (Å²) < 4.78 is 42.1. The number of rotatable bonds is 5. The highest BCUT2D eigenvalue weighted by atomic mass is 32.2. The van der Waals surface area contributed by atoms with E-state index in [0.717, 1.165) is 17.0 Å². The lowest BCUT2D eigenvalue weighted by atomic mass is 10.2. The fourth-order valence-corrected chi connectivity index (χ4v) is 5.12.